The first kappa shape index (κ1) is 16.2. The second-order valence-corrected chi connectivity index (χ2v) is 7.20. The quantitative estimate of drug-likeness (QED) is 0.761. The smallest absolute Gasteiger partial charge is 0.240 e. The molecule has 0 aliphatic carbocycles. The van der Waals surface area contributed by atoms with Gasteiger partial charge in [0.2, 0.25) is 5.91 Å². The Hall–Kier alpha value is -2.32. The number of aromatic nitrogens is 3. The summed E-state index contributed by atoms with van der Waals surface area (Å²) in [7, 11) is 0. The molecule has 6 nitrogen and oxygen atoms in total. The summed E-state index contributed by atoms with van der Waals surface area (Å²) in [5, 5.41) is 7.59. The van der Waals surface area contributed by atoms with Crippen molar-refractivity contribution in [1.29, 1.82) is 0 Å². The molecule has 1 N–H and O–H groups in total. The van der Waals surface area contributed by atoms with Crippen molar-refractivity contribution in [3.63, 3.8) is 0 Å². The van der Waals surface area contributed by atoms with Gasteiger partial charge in [-0.05, 0) is 43.7 Å². The lowest BCUT2D eigenvalue weighted by Crippen LogP contribution is -2.39. The highest BCUT2D eigenvalue weighted by atomic mass is 32.1. The molecule has 0 saturated carbocycles. The fraction of sp³-hybridized carbons (Fsp3) is 0.353. The molecule has 1 atom stereocenters. The number of hydrogen-bond donors (Lipinski definition) is 1. The number of anilines is 1. The maximum atomic E-state index is 13.3. The highest BCUT2D eigenvalue weighted by Gasteiger charge is 2.26. The number of halogens is 1. The zero-order chi connectivity index (χ0) is 17.2. The topological polar surface area (TPSA) is 63.1 Å². The summed E-state index contributed by atoms with van der Waals surface area (Å²) in [6.45, 7) is 2.03. The maximum absolute atomic E-state index is 13.3. The summed E-state index contributed by atoms with van der Waals surface area (Å²) < 4.78 is 15.9. The number of likely N-dealkylation sites (tertiary alicyclic amines) is 1. The van der Waals surface area contributed by atoms with Gasteiger partial charge in [0.15, 0.2) is 5.13 Å². The van der Waals surface area contributed by atoms with Gasteiger partial charge in [0.05, 0.1) is 23.3 Å². The summed E-state index contributed by atoms with van der Waals surface area (Å²) >= 11 is 1.29. The van der Waals surface area contributed by atoms with Crippen LogP contribution in [0.15, 0.2) is 36.7 Å². The Balaban J connectivity index is 1.38. The number of hydrogen-bond acceptors (Lipinski definition) is 5. The van der Waals surface area contributed by atoms with Crippen molar-refractivity contribution in [2.24, 2.45) is 0 Å². The van der Waals surface area contributed by atoms with Gasteiger partial charge >= 0.3 is 0 Å². The van der Waals surface area contributed by atoms with E-state index in [0.29, 0.717) is 23.2 Å². The number of nitrogens with zero attached hydrogens (tertiary/aromatic N) is 4. The molecule has 1 saturated heterocycles. The average molecular weight is 359 g/mol. The van der Waals surface area contributed by atoms with Crippen molar-refractivity contribution in [2.45, 2.75) is 25.4 Å². The number of fused-ring (bicyclic) bond motifs is 1. The van der Waals surface area contributed by atoms with Crippen LogP contribution in [0.4, 0.5) is 9.52 Å². The maximum Gasteiger partial charge on any atom is 0.240 e. The van der Waals surface area contributed by atoms with E-state index in [9.17, 15) is 9.18 Å². The Bertz CT molecular complexity index is 878. The summed E-state index contributed by atoms with van der Waals surface area (Å²) in [4.78, 5) is 18.9. The molecule has 1 aliphatic heterocycles. The van der Waals surface area contributed by atoms with Crippen molar-refractivity contribution in [3.05, 3.63) is 42.5 Å². The van der Waals surface area contributed by atoms with Crippen LogP contribution in [0.1, 0.15) is 12.8 Å². The number of benzene rings is 1. The fourth-order valence-corrected chi connectivity index (χ4v) is 4.14. The third-order valence-corrected chi connectivity index (χ3v) is 5.33. The van der Waals surface area contributed by atoms with E-state index < -0.39 is 0 Å². The minimum atomic E-state index is -0.299. The third-order valence-electron chi connectivity index (χ3n) is 4.40. The van der Waals surface area contributed by atoms with Gasteiger partial charge in [-0.3, -0.25) is 14.4 Å². The molecule has 25 heavy (non-hydrogen) atoms. The molecule has 2 aromatic heterocycles. The zero-order valence-electron chi connectivity index (χ0n) is 13.6. The molecular formula is C17H18FN5OS. The van der Waals surface area contributed by atoms with E-state index in [1.54, 1.807) is 12.3 Å². The van der Waals surface area contributed by atoms with E-state index in [0.717, 1.165) is 30.6 Å². The minimum Gasteiger partial charge on any atom is -0.301 e. The van der Waals surface area contributed by atoms with E-state index in [2.05, 4.69) is 20.3 Å². The van der Waals surface area contributed by atoms with Gasteiger partial charge in [0.1, 0.15) is 5.82 Å². The Labute approximate surface area is 148 Å². The second kappa shape index (κ2) is 6.89. The predicted octanol–water partition coefficient (Wildman–Crippen LogP) is 2.74. The molecule has 1 fully saturated rings. The zero-order valence-corrected chi connectivity index (χ0v) is 14.4. The molecule has 3 aromatic rings. The molecule has 130 valence electrons. The first-order valence-corrected chi connectivity index (χ1v) is 9.06. The third kappa shape index (κ3) is 3.69. The lowest BCUT2D eigenvalue weighted by molar-refractivity contribution is -0.117. The van der Waals surface area contributed by atoms with E-state index >= 15 is 0 Å². The van der Waals surface area contributed by atoms with Gasteiger partial charge in [0.25, 0.3) is 0 Å². The number of carbonyl (C=O) groups excluding carboxylic acids is 1. The molecule has 0 bridgehead atoms. The van der Waals surface area contributed by atoms with Crippen LogP contribution in [-0.2, 0) is 11.3 Å². The van der Waals surface area contributed by atoms with E-state index in [1.807, 2.05) is 16.9 Å². The van der Waals surface area contributed by atoms with E-state index in [-0.39, 0.29) is 11.7 Å². The molecule has 1 aromatic carbocycles. The van der Waals surface area contributed by atoms with Gasteiger partial charge in [-0.1, -0.05) is 11.3 Å². The summed E-state index contributed by atoms with van der Waals surface area (Å²) in [6.07, 6.45) is 5.85. The van der Waals surface area contributed by atoms with E-state index in [1.165, 1.54) is 23.5 Å². The average Bonchev–Trinajstić information content (AvgIpc) is 3.29. The van der Waals surface area contributed by atoms with Crippen molar-refractivity contribution in [1.82, 2.24) is 19.7 Å². The Morgan fingerprint density at radius 1 is 1.44 bits per heavy atom. The molecule has 1 aliphatic rings. The highest BCUT2D eigenvalue weighted by molar-refractivity contribution is 7.22. The first-order chi connectivity index (χ1) is 12.2. The number of amides is 1. The van der Waals surface area contributed by atoms with Crippen LogP contribution in [0, 0.1) is 5.82 Å². The van der Waals surface area contributed by atoms with Gasteiger partial charge in [-0.25, -0.2) is 9.37 Å². The van der Waals surface area contributed by atoms with Gasteiger partial charge < -0.3 is 5.32 Å². The van der Waals surface area contributed by atoms with Gasteiger partial charge in [-0.2, -0.15) is 5.10 Å². The summed E-state index contributed by atoms with van der Waals surface area (Å²) in [6, 6.07) is 6.65. The normalized spacial score (nSPS) is 18.0. The van der Waals surface area contributed by atoms with Crippen molar-refractivity contribution in [3.8, 4) is 0 Å². The molecule has 4 rings (SSSR count). The van der Waals surface area contributed by atoms with Crippen molar-refractivity contribution in [2.75, 3.05) is 18.4 Å². The predicted molar refractivity (Wildman–Crippen MR) is 95.0 cm³/mol. The molecule has 8 heteroatoms. The summed E-state index contributed by atoms with van der Waals surface area (Å²) in [5.41, 5.74) is 0.694. The second-order valence-electron chi connectivity index (χ2n) is 6.17. The first-order valence-electron chi connectivity index (χ1n) is 8.25. The van der Waals surface area contributed by atoms with Crippen LogP contribution in [0.25, 0.3) is 10.2 Å². The lowest BCUT2D eigenvalue weighted by Gasteiger charge is -2.23. The Morgan fingerprint density at radius 3 is 3.20 bits per heavy atom. The van der Waals surface area contributed by atoms with Crippen LogP contribution >= 0.6 is 11.3 Å². The van der Waals surface area contributed by atoms with Crippen LogP contribution < -0.4 is 5.32 Å². The highest BCUT2D eigenvalue weighted by Crippen LogP contribution is 2.26. The van der Waals surface area contributed by atoms with Gasteiger partial charge in [0, 0.05) is 18.4 Å². The standard InChI is InChI=1S/C17H18FN5OS/c18-12-4-5-14-15(9-12)25-17(20-14)21-16(24)11-22-7-1-3-13(22)10-23-8-2-6-19-23/h2,4-6,8-9,13H,1,3,7,10-11H2,(H,20,21,24)/t13-/m1/s1. The number of nitrogens with one attached hydrogen (secondary N) is 1. The van der Waals surface area contributed by atoms with Crippen molar-refractivity contribution >= 4 is 32.6 Å². The molecule has 0 unspecified atom stereocenters. The number of thiazole rings is 1. The summed E-state index contributed by atoms with van der Waals surface area (Å²) in [5.74, 6) is -0.389. The van der Waals surface area contributed by atoms with Crippen LogP contribution in [0.5, 0.6) is 0 Å². The molecule has 0 spiro atoms. The largest absolute Gasteiger partial charge is 0.301 e. The number of rotatable bonds is 5. The number of carbonyl (C=O) groups is 1. The monoisotopic (exact) mass is 359 g/mol. The Kier molecular flexibility index (Phi) is 4.46. The van der Waals surface area contributed by atoms with Crippen LogP contribution in [-0.4, -0.2) is 44.7 Å². The fourth-order valence-electron chi connectivity index (χ4n) is 3.23. The molecular weight excluding hydrogens is 341 g/mol. The molecule has 0 radical (unpaired) electrons. The van der Waals surface area contributed by atoms with Crippen LogP contribution in [0.2, 0.25) is 0 Å². The SMILES string of the molecule is O=C(CN1CCC[C@@H]1Cn1cccn1)Nc1nc2ccc(F)cc2s1. The molecule has 3 heterocycles. The van der Waals surface area contributed by atoms with Crippen LogP contribution in [0.3, 0.4) is 0 Å². The van der Waals surface area contributed by atoms with Crippen molar-refractivity contribution < 1.29 is 9.18 Å². The lowest BCUT2D eigenvalue weighted by atomic mass is 10.2. The Morgan fingerprint density at radius 2 is 2.36 bits per heavy atom. The van der Waals surface area contributed by atoms with Gasteiger partial charge in [-0.15, -0.1) is 0 Å². The molecule has 1 amide bonds. The minimum absolute atomic E-state index is 0.0908. The van der Waals surface area contributed by atoms with E-state index in [4.69, 9.17) is 0 Å².